The van der Waals surface area contributed by atoms with E-state index in [0.29, 0.717) is 11.5 Å². The molecule has 0 atom stereocenters. The summed E-state index contributed by atoms with van der Waals surface area (Å²) in [6.07, 6.45) is 1.80. The van der Waals surface area contributed by atoms with E-state index in [1.807, 2.05) is 18.2 Å². The number of pyridine rings is 1. The lowest BCUT2D eigenvalue weighted by molar-refractivity contribution is 0.580. The van der Waals surface area contributed by atoms with E-state index in [1.165, 1.54) is 0 Å². The minimum Gasteiger partial charge on any atom is -0.285 e. The molecule has 0 aromatic carbocycles. The Morgan fingerprint density at radius 2 is 2.19 bits per heavy atom. The number of nitrogens with zero attached hydrogens (tertiary/aromatic N) is 3. The Bertz CT molecular complexity index is 590. The number of hydrogen-bond acceptors (Lipinski definition) is 4. The molecule has 0 spiro atoms. The van der Waals surface area contributed by atoms with E-state index in [1.54, 1.807) is 17.5 Å². The van der Waals surface area contributed by atoms with Crippen LogP contribution in [-0.2, 0) is 16.6 Å². The maximum atomic E-state index is 11.3. The Morgan fingerprint density at radius 3 is 2.94 bits per heavy atom. The molecule has 0 aliphatic rings. The second kappa shape index (κ2) is 4.18. The number of rotatable bonds is 4. The van der Waals surface area contributed by atoms with Crippen LogP contribution in [0, 0.1) is 0 Å². The van der Waals surface area contributed by atoms with Crippen LogP contribution in [0.4, 0.5) is 0 Å². The van der Waals surface area contributed by atoms with Gasteiger partial charge in [-0.1, -0.05) is 6.07 Å². The van der Waals surface area contributed by atoms with Crippen molar-refractivity contribution in [2.75, 3.05) is 5.75 Å². The zero-order valence-corrected chi connectivity index (χ0v) is 9.61. The first-order valence-electron chi connectivity index (χ1n) is 4.88. The maximum Gasteiger partial charge on any atom is 0.211 e. The Balaban J connectivity index is 2.22. The normalized spacial score (nSPS) is 12.1. The van der Waals surface area contributed by atoms with Gasteiger partial charge in [0.25, 0.3) is 0 Å². The van der Waals surface area contributed by atoms with Gasteiger partial charge in [-0.05, 0) is 19.1 Å². The first-order valence-corrected chi connectivity index (χ1v) is 6.53. The highest BCUT2D eigenvalue weighted by Gasteiger charge is 2.09. The molecule has 1 N–H and O–H groups in total. The minimum absolute atomic E-state index is 0.0593. The minimum atomic E-state index is -3.20. The monoisotopic (exact) mass is 240 g/mol. The van der Waals surface area contributed by atoms with Crippen molar-refractivity contribution in [3.05, 3.63) is 30.2 Å². The van der Waals surface area contributed by atoms with Gasteiger partial charge in [-0.2, -0.15) is 0 Å². The third-order valence-electron chi connectivity index (χ3n) is 2.21. The Morgan fingerprint density at radius 1 is 1.38 bits per heavy atom. The number of aromatic nitrogens is 3. The zero-order chi connectivity index (χ0) is 11.6. The molecule has 2 aromatic rings. The van der Waals surface area contributed by atoms with Crippen LogP contribution in [0.1, 0.15) is 12.7 Å². The van der Waals surface area contributed by atoms with Crippen LogP contribution in [0.2, 0.25) is 0 Å². The van der Waals surface area contributed by atoms with Gasteiger partial charge in [-0.3, -0.25) is 4.40 Å². The van der Waals surface area contributed by atoms with E-state index in [9.17, 15) is 8.42 Å². The molecule has 7 heteroatoms. The van der Waals surface area contributed by atoms with Crippen LogP contribution in [-0.4, -0.2) is 28.8 Å². The van der Waals surface area contributed by atoms with E-state index < -0.39 is 10.0 Å². The fourth-order valence-electron chi connectivity index (χ4n) is 1.29. The lowest BCUT2D eigenvalue weighted by atomic mass is 10.5. The number of nitrogens with one attached hydrogen (secondary N) is 1. The predicted octanol–water partition coefficient (Wildman–Crippen LogP) is 0.169. The zero-order valence-electron chi connectivity index (χ0n) is 8.79. The van der Waals surface area contributed by atoms with Crippen LogP contribution in [0.25, 0.3) is 5.65 Å². The van der Waals surface area contributed by atoms with Crippen molar-refractivity contribution in [3.63, 3.8) is 0 Å². The van der Waals surface area contributed by atoms with Crippen LogP contribution in [0.3, 0.4) is 0 Å². The van der Waals surface area contributed by atoms with Gasteiger partial charge in [0.05, 0.1) is 12.3 Å². The van der Waals surface area contributed by atoms with Crippen molar-refractivity contribution in [1.29, 1.82) is 0 Å². The Hall–Kier alpha value is -1.47. The van der Waals surface area contributed by atoms with Crippen LogP contribution < -0.4 is 4.72 Å². The van der Waals surface area contributed by atoms with E-state index >= 15 is 0 Å². The molecule has 0 aliphatic heterocycles. The van der Waals surface area contributed by atoms with Crippen molar-refractivity contribution < 1.29 is 8.42 Å². The fourth-order valence-corrected chi connectivity index (χ4v) is 1.84. The average Bonchev–Trinajstić information content (AvgIpc) is 2.70. The standard InChI is InChI=1S/C9H12N4O2S/c1-2-16(14,15)10-7-9-12-11-8-5-3-4-6-13(8)9/h3-6,10H,2,7H2,1H3. The summed E-state index contributed by atoms with van der Waals surface area (Å²) >= 11 is 0. The summed E-state index contributed by atoms with van der Waals surface area (Å²) in [5.41, 5.74) is 0.702. The predicted molar refractivity (Wildman–Crippen MR) is 59.3 cm³/mol. The van der Waals surface area contributed by atoms with Gasteiger partial charge in [-0.15, -0.1) is 10.2 Å². The van der Waals surface area contributed by atoms with Crippen molar-refractivity contribution in [1.82, 2.24) is 19.3 Å². The van der Waals surface area contributed by atoms with Crippen molar-refractivity contribution >= 4 is 15.7 Å². The highest BCUT2D eigenvalue weighted by molar-refractivity contribution is 7.89. The molecule has 0 bridgehead atoms. The molecule has 0 saturated carbocycles. The molecule has 86 valence electrons. The van der Waals surface area contributed by atoms with Gasteiger partial charge < -0.3 is 0 Å². The molecular weight excluding hydrogens is 228 g/mol. The average molecular weight is 240 g/mol. The molecule has 0 amide bonds. The smallest absolute Gasteiger partial charge is 0.211 e. The van der Waals surface area contributed by atoms with Gasteiger partial charge >= 0.3 is 0 Å². The Labute approximate surface area is 93.4 Å². The molecule has 2 rings (SSSR count). The summed E-state index contributed by atoms with van der Waals surface area (Å²) in [5, 5.41) is 7.84. The largest absolute Gasteiger partial charge is 0.285 e. The molecule has 2 heterocycles. The fraction of sp³-hybridized carbons (Fsp3) is 0.333. The summed E-state index contributed by atoms with van der Waals surface area (Å²) in [4.78, 5) is 0. The van der Waals surface area contributed by atoms with Crippen LogP contribution in [0.5, 0.6) is 0 Å². The second-order valence-corrected chi connectivity index (χ2v) is 5.37. The summed E-state index contributed by atoms with van der Waals surface area (Å²) < 4.78 is 26.7. The quantitative estimate of drug-likeness (QED) is 0.826. The van der Waals surface area contributed by atoms with Crippen molar-refractivity contribution in [2.24, 2.45) is 0 Å². The maximum absolute atomic E-state index is 11.3. The molecule has 6 nitrogen and oxygen atoms in total. The van der Waals surface area contributed by atoms with Gasteiger partial charge in [0.1, 0.15) is 0 Å². The van der Waals surface area contributed by atoms with Crippen LogP contribution in [0.15, 0.2) is 24.4 Å². The van der Waals surface area contributed by atoms with E-state index in [-0.39, 0.29) is 12.3 Å². The summed E-state index contributed by atoms with van der Waals surface area (Å²) in [5.74, 6) is 0.636. The van der Waals surface area contributed by atoms with Gasteiger partial charge in [0.2, 0.25) is 10.0 Å². The van der Waals surface area contributed by atoms with Crippen molar-refractivity contribution in [2.45, 2.75) is 13.5 Å². The first-order chi connectivity index (χ1) is 7.62. The van der Waals surface area contributed by atoms with Gasteiger partial charge in [-0.25, -0.2) is 13.1 Å². The molecular formula is C9H12N4O2S. The summed E-state index contributed by atoms with van der Waals surface area (Å²) in [6.45, 7) is 1.74. The third-order valence-corrected chi connectivity index (χ3v) is 3.56. The number of hydrogen-bond donors (Lipinski definition) is 1. The highest BCUT2D eigenvalue weighted by Crippen LogP contribution is 2.02. The molecule has 0 unspecified atom stereocenters. The molecule has 16 heavy (non-hydrogen) atoms. The van der Waals surface area contributed by atoms with Crippen LogP contribution >= 0.6 is 0 Å². The van der Waals surface area contributed by atoms with Crippen molar-refractivity contribution in [3.8, 4) is 0 Å². The molecule has 0 fully saturated rings. The highest BCUT2D eigenvalue weighted by atomic mass is 32.2. The molecule has 2 aromatic heterocycles. The lowest BCUT2D eigenvalue weighted by Gasteiger charge is -2.02. The Kier molecular flexibility index (Phi) is 2.88. The van der Waals surface area contributed by atoms with E-state index in [4.69, 9.17) is 0 Å². The molecule has 0 radical (unpaired) electrons. The van der Waals surface area contributed by atoms with E-state index in [2.05, 4.69) is 14.9 Å². The van der Waals surface area contributed by atoms with E-state index in [0.717, 1.165) is 0 Å². The SMILES string of the molecule is CCS(=O)(=O)NCc1nnc2ccccn12. The topological polar surface area (TPSA) is 76.4 Å². The third kappa shape index (κ3) is 2.20. The second-order valence-electron chi connectivity index (χ2n) is 3.27. The van der Waals surface area contributed by atoms with Gasteiger partial charge in [0.15, 0.2) is 11.5 Å². The summed E-state index contributed by atoms with van der Waals surface area (Å²) in [7, 11) is -3.20. The molecule has 0 aliphatic carbocycles. The lowest BCUT2D eigenvalue weighted by Crippen LogP contribution is -2.25. The molecule has 0 saturated heterocycles. The van der Waals surface area contributed by atoms with Gasteiger partial charge in [0, 0.05) is 6.20 Å². The summed E-state index contributed by atoms with van der Waals surface area (Å²) in [6, 6.07) is 5.50. The number of sulfonamides is 1. The number of fused-ring (bicyclic) bond motifs is 1. The first kappa shape index (κ1) is 11.0.